The normalized spacial score (nSPS) is 18.7. The maximum atomic E-state index is 13.8. The van der Waals surface area contributed by atoms with E-state index < -0.39 is 0 Å². The number of nitrogens with zero attached hydrogens (tertiary/aromatic N) is 1. The Balaban J connectivity index is 0.000000208. The summed E-state index contributed by atoms with van der Waals surface area (Å²) in [6.45, 7) is 57.3. The smallest absolute Gasteiger partial charge is 0.254 e. The largest absolute Gasteiger partial charge is 0.497 e. The van der Waals surface area contributed by atoms with Crippen LogP contribution in [0.15, 0.2) is 133 Å². The van der Waals surface area contributed by atoms with Gasteiger partial charge in [0.2, 0.25) is 0 Å². The molecule has 6 saturated heterocycles. The van der Waals surface area contributed by atoms with Crippen LogP contribution in [0.25, 0.3) is 0 Å². The van der Waals surface area contributed by atoms with Crippen molar-refractivity contribution in [2.75, 3.05) is 92.9 Å². The first-order chi connectivity index (χ1) is 51.7. The number of carbonyl (C=O) groups is 1. The summed E-state index contributed by atoms with van der Waals surface area (Å²) in [6.07, 6.45) is 16.4. The fourth-order valence-corrected chi connectivity index (χ4v) is 15.3. The van der Waals surface area contributed by atoms with Gasteiger partial charge in [0.05, 0.1) is 39.1 Å². The van der Waals surface area contributed by atoms with Crippen molar-refractivity contribution in [3.8, 4) is 11.5 Å². The fraction of sp³-hybridized carbons (Fsp3) is 0.630. The van der Waals surface area contributed by atoms with E-state index in [-0.39, 0.29) is 57.2 Å². The molecule has 0 spiro atoms. The molecular formula is C100H152FNO9. The highest BCUT2D eigenvalue weighted by atomic mass is 19.1. The first-order valence-electron chi connectivity index (χ1n) is 42.1. The van der Waals surface area contributed by atoms with Crippen LogP contribution in [0.3, 0.4) is 0 Å². The zero-order valence-electron chi connectivity index (χ0n) is 72.8. The van der Waals surface area contributed by atoms with Crippen LogP contribution < -0.4 is 9.47 Å². The van der Waals surface area contributed by atoms with Gasteiger partial charge in [0.15, 0.2) is 0 Å². The predicted octanol–water partition coefficient (Wildman–Crippen LogP) is 24.0. The molecule has 0 saturated carbocycles. The highest BCUT2D eigenvalue weighted by molar-refractivity contribution is 5.94. The molecule has 6 aromatic carbocycles. The molecule has 111 heavy (non-hydrogen) atoms. The Morgan fingerprint density at radius 2 is 0.874 bits per heavy atom. The summed E-state index contributed by atoms with van der Waals surface area (Å²) in [5, 5.41) is 0. The third kappa shape index (κ3) is 33.1. The van der Waals surface area contributed by atoms with E-state index in [1.54, 1.807) is 13.2 Å². The Hall–Kier alpha value is -5.92. The van der Waals surface area contributed by atoms with Gasteiger partial charge in [-0.3, -0.25) is 4.79 Å². The lowest BCUT2D eigenvalue weighted by Crippen LogP contribution is -2.40. The van der Waals surface area contributed by atoms with Gasteiger partial charge in [0.1, 0.15) is 23.4 Å². The van der Waals surface area contributed by atoms with E-state index in [0.717, 1.165) is 144 Å². The summed E-state index contributed by atoms with van der Waals surface area (Å²) in [4.78, 5) is 14.2. The highest BCUT2D eigenvalue weighted by Crippen LogP contribution is 2.36. The van der Waals surface area contributed by atoms with Gasteiger partial charge in [-0.25, -0.2) is 4.39 Å². The summed E-state index contributed by atoms with van der Waals surface area (Å²) >= 11 is 0. The molecule has 6 heterocycles. The molecule has 0 N–H and O–H groups in total. The van der Waals surface area contributed by atoms with Crippen LogP contribution in [-0.4, -0.2) is 115 Å². The third-order valence-electron chi connectivity index (χ3n) is 22.6. The molecule has 0 radical (unpaired) electrons. The molecule has 1 amide bonds. The Labute approximate surface area is 675 Å². The minimum Gasteiger partial charge on any atom is -0.497 e. The average Bonchev–Trinajstić information content (AvgIpc) is 0.861. The molecule has 6 aliphatic heterocycles. The maximum Gasteiger partial charge on any atom is 0.254 e. The summed E-state index contributed by atoms with van der Waals surface area (Å²) in [5.41, 5.74) is 14.9. The van der Waals surface area contributed by atoms with Crippen molar-refractivity contribution >= 4 is 5.91 Å². The lowest BCUT2D eigenvalue weighted by atomic mass is 9.81. The summed E-state index contributed by atoms with van der Waals surface area (Å²) in [5.74, 6) is 5.80. The van der Waals surface area contributed by atoms with Crippen LogP contribution in [-0.2, 0) is 86.6 Å². The molecule has 0 aromatic heterocycles. The number of carbonyl (C=O) groups excluding carboxylic acids is 1. The first-order valence-corrected chi connectivity index (χ1v) is 42.1. The lowest BCUT2D eigenvalue weighted by molar-refractivity contribution is -0.0721. The number of methoxy groups -OCH3 is 1. The molecule has 2 atom stereocenters. The third-order valence-corrected chi connectivity index (χ3v) is 22.6. The van der Waals surface area contributed by atoms with E-state index in [9.17, 15) is 9.18 Å². The SMILES string of the molecule is C.CC(C)(C)c1cc(CC2CCOCC2)ccc1F.CC(C)(C)c1ccc(OC2CCOCC2)cc1.CC(C)(C)c1cccc(C(=O)N2CCOCC2)c1.CC(Cc1cccc(C(C)(C)C)c1)C1CCOCC1.CC1(C)CC(Cc2cccc(C(C)(C)C)c2)CCO1.COc1cc(CC2CCOCC2)cc(C(C)(C)C)c1. The van der Waals surface area contributed by atoms with E-state index in [2.05, 4.69) is 242 Å². The van der Waals surface area contributed by atoms with Crippen molar-refractivity contribution < 1.29 is 47.1 Å². The summed E-state index contributed by atoms with van der Waals surface area (Å²) in [7, 11) is 1.75. The van der Waals surface area contributed by atoms with Crippen molar-refractivity contribution in [3.63, 3.8) is 0 Å². The van der Waals surface area contributed by atoms with Crippen molar-refractivity contribution in [1.82, 2.24) is 4.90 Å². The quantitative estimate of drug-likeness (QED) is 0.112. The number of hydrogen-bond acceptors (Lipinski definition) is 9. The minimum absolute atomic E-state index is 0. The molecule has 0 aliphatic carbocycles. The Bertz CT molecular complexity index is 3650. The number of hydrogen-bond donors (Lipinski definition) is 0. The zero-order valence-corrected chi connectivity index (χ0v) is 72.8. The molecule has 6 aliphatic rings. The van der Waals surface area contributed by atoms with Gasteiger partial charge in [-0.2, -0.15) is 0 Å². The second kappa shape index (κ2) is 43.7. The van der Waals surface area contributed by atoms with Gasteiger partial charge in [-0.1, -0.05) is 230 Å². The second-order valence-corrected chi connectivity index (χ2v) is 39.0. The number of morpholine rings is 1. The van der Waals surface area contributed by atoms with E-state index in [1.807, 2.05) is 35.2 Å². The Kier molecular flexibility index (Phi) is 37.0. The molecular weight excluding hydrogens is 1380 g/mol. The van der Waals surface area contributed by atoms with Crippen molar-refractivity contribution in [3.05, 3.63) is 200 Å². The molecule has 2 unspecified atom stereocenters. The van der Waals surface area contributed by atoms with Gasteiger partial charge < -0.3 is 42.8 Å². The van der Waals surface area contributed by atoms with Crippen LogP contribution in [0.4, 0.5) is 4.39 Å². The number of halogens is 1. The van der Waals surface area contributed by atoms with E-state index in [0.29, 0.717) is 38.3 Å². The van der Waals surface area contributed by atoms with E-state index in [4.69, 9.17) is 37.9 Å². The molecule has 6 fully saturated rings. The summed E-state index contributed by atoms with van der Waals surface area (Å²) < 4.78 is 57.9. The van der Waals surface area contributed by atoms with Crippen molar-refractivity contribution in [2.45, 2.75) is 287 Å². The fourth-order valence-electron chi connectivity index (χ4n) is 15.3. The summed E-state index contributed by atoms with van der Waals surface area (Å²) in [6, 6.07) is 47.0. The molecule has 10 nitrogen and oxygen atoms in total. The standard InChI is InChI=1S/2C18H28O.C17H26O2.C16H23FO.C15H21NO2.C15H22O2.CH4/c1-17(2,3)16-8-6-7-14(12-16)11-15-9-10-19-18(4,5)13-15;1-14(16-8-10-19-11-9-16)12-15-6-5-7-17(13-15)18(2,3)4;1-17(2,3)15-10-14(11-16(12-15)18-4)9-13-5-7-19-8-6-13;1-16(2,3)14-11-13(4-5-15(14)17)10-12-6-8-18-9-7-12;1-15(2,3)13-6-4-5-12(11-13)14(17)16-7-9-18-10-8-16;1-15(2,3)12-4-6-13(7-5-12)17-14-8-10-16-11-9-14;/h6-8,12,15H,9-11,13H2,1-5H3;5-7,13-14,16H,8-12H2,1-4H3;10-13H,5-9H2,1-4H3;4-5,11-12H,6-10H2,1-3H3;4-6,11H,7-10H2,1-3H3;4-7,14H,8-11H2,1-3H3;1H4. The first kappa shape index (κ1) is 93.9. The lowest BCUT2D eigenvalue weighted by Gasteiger charge is -2.35. The van der Waals surface area contributed by atoms with Gasteiger partial charge in [-0.15, -0.1) is 0 Å². The predicted molar refractivity (Wildman–Crippen MR) is 463 cm³/mol. The van der Waals surface area contributed by atoms with Crippen molar-refractivity contribution in [2.24, 2.45) is 29.6 Å². The van der Waals surface area contributed by atoms with Crippen LogP contribution >= 0.6 is 0 Å². The molecule has 12 rings (SSSR count). The van der Waals surface area contributed by atoms with Crippen LogP contribution in [0.2, 0.25) is 0 Å². The van der Waals surface area contributed by atoms with Crippen molar-refractivity contribution in [1.29, 1.82) is 0 Å². The Morgan fingerprint density at radius 3 is 1.38 bits per heavy atom. The molecule has 618 valence electrons. The van der Waals surface area contributed by atoms with Gasteiger partial charge in [0, 0.05) is 77.7 Å². The zero-order chi connectivity index (χ0) is 80.5. The number of amides is 1. The number of benzene rings is 6. The number of rotatable bonds is 13. The molecule has 0 bridgehead atoms. The van der Waals surface area contributed by atoms with Gasteiger partial charge in [-0.05, 0) is 251 Å². The second-order valence-electron chi connectivity index (χ2n) is 39.0. The minimum atomic E-state index is -0.129. The van der Waals surface area contributed by atoms with Gasteiger partial charge in [0.25, 0.3) is 5.91 Å². The topological polar surface area (TPSA) is 94.2 Å². The van der Waals surface area contributed by atoms with Crippen LogP contribution in [0.1, 0.15) is 283 Å². The average molecular weight is 1530 g/mol. The maximum absolute atomic E-state index is 13.8. The monoisotopic (exact) mass is 1530 g/mol. The molecule has 6 aromatic rings. The number of ether oxygens (including phenoxy) is 8. The van der Waals surface area contributed by atoms with E-state index in [1.165, 1.54) is 101 Å². The van der Waals surface area contributed by atoms with E-state index >= 15 is 0 Å². The van der Waals surface area contributed by atoms with Crippen LogP contribution in [0.5, 0.6) is 11.5 Å². The highest BCUT2D eigenvalue weighted by Gasteiger charge is 2.31. The van der Waals surface area contributed by atoms with Gasteiger partial charge >= 0.3 is 0 Å². The molecule has 11 heteroatoms. The van der Waals surface area contributed by atoms with Crippen LogP contribution in [0, 0.1) is 35.4 Å². The Morgan fingerprint density at radius 1 is 0.441 bits per heavy atom.